The molecule has 106 valence electrons. The third-order valence-electron chi connectivity index (χ3n) is 3.40. The predicted octanol–water partition coefficient (Wildman–Crippen LogP) is 2.61. The van der Waals surface area contributed by atoms with Gasteiger partial charge in [-0.15, -0.1) is 0 Å². The lowest BCUT2D eigenvalue weighted by Gasteiger charge is -2.08. The van der Waals surface area contributed by atoms with Crippen molar-refractivity contribution in [3.8, 4) is 5.82 Å². The molecule has 0 atom stereocenters. The summed E-state index contributed by atoms with van der Waals surface area (Å²) in [5, 5.41) is 8.44. The molecule has 0 spiro atoms. The van der Waals surface area contributed by atoms with E-state index in [0.29, 0.717) is 12.5 Å². The molecule has 1 N–H and O–H groups in total. The van der Waals surface area contributed by atoms with Crippen LogP contribution in [0.2, 0.25) is 0 Å². The van der Waals surface area contributed by atoms with Crippen molar-refractivity contribution in [2.75, 3.05) is 5.32 Å². The number of nitrogens with zero attached hydrogens (tertiary/aromatic N) is 5. The Labute approximate surface area is 126 Å². The molecular weight excluding hydrogens is 284 g/mol. The highest BCUT2D eigenvalue weighted by molar-refractivity contribution is 7.09. The molecule has 3 heterocycles. The molecule has 4 rings (SSSR count). The Morgan fingerprint density at radius 1 is 1.29 bits per heavy atom. The van der Waals surface area contributed by atoms with Gasteiger partial charge in [0.05, 0.1) is 0 Å². The van der Waals surface area contributed by atoms with Crippen LogP contribution < -0.4 is 5.32 Å². The molecule has 7 heteroatoms. The molecule has 21 heavy (non-hydrogen) atoms. The average molecular weight is 298 g/mol. The number of aromatic nitrogens is 5. The van der Waals surface area contributed by atoms with Crippen LogP contribution in [-0.4, -0.2) is 24.1 Å². The zero-order chi connectivity index (χ0) is 14.1. The Bertz CT molecular complexity index is 732. The highest BCUT2D eigenvalue weighted by atomic mass is 32.1. The van der Waals surface area contributed by atoms with Gasteiger partial charge in [-0.3, -0.25) is 0 Å². The SMILES string of the molecule is c1cnc(-n2cccn2)c(CNc2nc(C3CC3)ns2)c1. The van der Waals surface area contributed by atoms with Crippen molar-refractivity contribution in [1.29, 1.82) is 0 Å². The van der Waals surface area contributed by atoms with E-state index >= 15 is 0 Å². The molecule has 0 bridgehead atoms. The zero-order valence-electron chi connectivity index (χ0n) is 11.3. The first-order valence-corrected chi connectivity index (χ1v) is 7.69. The Hall–Kier alpha value is -2.28. The van der Waals surface area contributed by atoms with Crippen molar-refractivity contribution in [2.24, 2.45) is 0 Å². The molecule has 6 nitrogen and oxygen atoms in total. The van der Waals surface area contributed by atoms with Gasteiger partial charge in [0.15, 0.2) is 5.82 Å². The third-order valence-corrected chi connectivity index (χ3v) is 4.09. The van der Waals surface area contributed by atoms with Gasteiger partial charge in [-0.05, 0) is 25.0 Å². The number of nitrogens with one attached hydrogen (secondary N) is 1. The van der Waals surface area contributed by atoms with Crippen molar-refractivity contribution >= 4 is 16.7 Å². The van der Waals surface area contributed by atoms with Crippen molar-refractivity contribution in [2.45, 2.75) is 25.3 Å². The summed E-state index contributed by atoms with van der Waals surface area (Å²) in [6.07, 6.45) is 7.86. The summed E-state index contributed by atoms with van der Waals surface area (Å²) >= 11 is 1.43. The maximum atomic E-state index is 4.53. The summed E-state index contributed by atoms with van der Waals surface area (Å²) in [4.78, 5) is 8.94. The lowest BCUT2D eigenvalue weighted by atomic mass is 10.2. The molecule has 0 aromatic carbocycles. The number of pyridine rings is 1. The first-order chi connectivity index (χ1) is 10.4. The van der Waals surface area contributed by atoms with Gasteiger partial charge < -0.3 is 5.32 Å². The van der Waals surface area contributed by atoms with E-state index in [0.717, 1.165) is 22.3 Å². The molecule has 0 aliphatic heterocycles. The maximum absolute atomic E-state index is 4.53. The van der Waals surface area contributed by atoms with Crippen molar-refractivity contribution in [1.82, 2.24) is 24.1 Å². The van der Waals surface area contributed by atoms with Gasteiger partial charge >= 0.3 is 0 Å². The Kier molecular flexibility index (Phi) is 3.11. The van der Waals surface area contributed by atoms with E-state index in [1.54, 1.807) is 17.1 Å². The van der Waals surface area contributed by atoms with Crippen LogP contribution in [0.25, 0.3) is 5.82 Å². The van der Waals surface area contributed by atoms with Crippen LogP contribution in [0.4, 0.5) is 5.13 Å². The highest BCUT2D eigenvalue weighted by Gasteiger charge is 2.27. The van der Waals surface area contributed by atoms with Gasteiger partial charge in [-0.2, -0.15) is 9.47 Å². The minimum absolute atomic E-state index is 0.592. The van der Waals surface area contributed by atoms with Crippen molar-refractivity contribution < 1.29 is 0 Å². The quantitative estimate of drug-likeness (QED) is 0.784. The largest absolute Gasteiger partial charge is 0.356 e. The summed E-state index contributed by atoms with van der Waals surface area (Å²) in [5.41, 5.74) is 1.07. The minimum Gasteiger partial charge on any atom is -0.356 e. The second-order valence-corrected chi connectivity index (χ2v) is 5.77. The molecule has 1 aliphatic rings. The van der Waals surface area contributed by atoms with E-state index in [1.165, 1.54) is 24.4 Å². The van der Waals surface area contributed by atoms with Crippen molar-refractivity contribution in [3.63, 3.8) is 0 Å². The molecule has 1 fully saturated rings. The van der Waals surface area contributed by atoms with E-state index in [-0.39, 0.29) is 0 Å². The van der Waals surface area contributed by atoms with Gasteiger partial charge in [0.2, 0.25) is 5.13 Å². The smallest absolute Gasteiger partial charge is 0.202 e. The second kappa shape index (κ2) is 5.25. The summed E-state index contributed by atoms with van der Waals surface area (Å²) in [5.74, 6) is 2.41. The Balaban J connectivity index is 1.51. The maximum Gasteiger partial charge on any atom is 0.202 e. The molecule has 0 saturated heterocycles. The summed E-state index contributed by atoms with van der Waals surface area (Å²) in [6.45, 7) is 0.655. The number of hydrogen-bond donors (Lipinski definition) is 1. The van der Waals surface area contributed by atoms with Crippen molar-refractivity contribution in [3.05, 3.63) is 48.2 Å². The molecule has 3 aromatic rings. The third kappa shape index (κ3) is 2.64. The van der Waals surface area contributed by atoms with Gasteiger partial charge in [0, 0.05) is 48.1 Å². The monoisotopic (exact) mass is 298 g/mol. The van der Waals surface area contributed by atoms with Crippen LogP contribution in [-0.2, 0) is 6.54 Å². The predicted molar refractivity (Wildman–Crippen MR) is 80.6 cm³/mol. The fraction of sp³-hybridized carbons (Fsp3) is 0.286. The number of anilines is 1. The van der Waals surface area contributed by atoms with Gasteiger partial charge in [0.25, 0.3) is 0 Å². The lowest BCUT2D eigenvalue weighted by Crippen LogP contribution is -2.07. The first kappa shape index (κ1) is 12.5. The average Bonchev–Trinajstić information content (AvgIpc) is 3.04. The molecule has 1 saturated carbocycles. The fourth-order valence-corrected chi connectivity index (χ4v) is 2.79. The van der Waals surface area contributed by atoms with E-state index in [1.807, 2.05) is 24.4 Å². The van der Waals surface area contributed by atoms with E-state index < -0.39 is 0 Å². The number of rotatable bonds is 5. The Morgan fingerprint density at radius 3 is 3.05 bits per heavy atom. The van der Waals surface area contributed by atoms with Crippen LogP contribution in [0.15, 0.2) is 36.8 Å². The number of hydrogen-bond acceptors (Lipinski definition) is 6. The molecule has 0 amide bonds. The fourth-order valence-electron chi connectivity index (χ4n) is 2.15. The normalized spacial score (nSPS) is 14.3. The van der Waals surface area contributed by atoms with Crippen LogP contribution in [0.3, 0.4) is 0 Å². The summed E-state index contributed by atoms with van der Waals surface area (Å²) < 4.78 is 6.17. The zero-order valence-corrected chi connectivity index (χ0v) is 12.1. The molecular formula is C14H14N6S. The van der Waals surface area contributed by atoms with E-state index in [9.17, 15) is 0 Å². The van der Waals surface area contributed by atoms with Crippen LogP contribution in [0.1, 0.15) is 30.1 Å². The summed E-state index contributed by atoms with van der Waals surface area (Å²) in [7, 11) is 0. The molecule has 3 aromatic heterocycles. The van der Waals surface area contributed by atoms with Crippen LogP contribution in [0.5, 0.6) is 0 Å². The van der Waals surface area contributed by atoms with Crippen LogP contribution >= 0.6 is 11.5 Å². The first-order valence-electron chi connectivity index (χ1n) is 6.91. The molecule has 0 radical (unpaired) electrons. The van der Waals surface area contributed by atoms with Crippen LogP contribution in [0, 0.1) is 0 Å². The second-order valence-electron chi connectivity index (χ2n) is 5.02. The topological polar surface area (TPSA) is 68.5 Å². The summed E-state index contributed by atoms with van der Waals surface area (Å²) in [6, 6.07) is 5.86. The Morgan fingerprint density at radius 2 is 2.24 bits per heavy atom. The molecule has 1 aliphatic carbocycles. The van der Waals surface area contributed by atoms with Gasteiger partial charge in [-0.25, -0.2) is 14.6 Å². The lowest BCUT2D eigenvalue weighted by molar-refractivity contribution is 0.828. The van der Waals surface area contributed by atoms with Gasteiger partial charge in [-0.1, -0.05) is 6.07 Å². The standard InChI is InChI=1S/C14H14N6S/c1-3-11(13(15-6-1)20-8-2-7-17-20)9-16-14-18-12(19-21-14)10-4-5-10/h1-3,6-8,10H,4-5,9H2,(H,16,18,19). The molecule has 0 unspecified atom stereocenters. The highest BCUT2D eigenvalue weighted by Crippen LogP contribution is 2.39. The van der Waals surface area contributed by atoms with E-state index in [2.05, 4.69) is 24.8 Å². The minimum atomic E-state index is 0.592. The van der Waals surface area contributed by atoms with E-state index in [4.69, 9.17) is 0 Å². The van der Waals surface area contributed by atoms with Gasteiger partial charge in [0.1, 0.15) is 5.82 Å².